The van der Waals surface area contributed by atoms with Crippen molar-refractivity contribution in [2.75, 3.05) is 0 Å². The van der Waals surface area contributed by atoms with Crippen molar-refractivity contribution in [3.8, 4) is 0 Å². The molecule has 0 fully saturated rings. The van der Waals surface area contributed by atoms with E-state index in [1.165, 1.54) is 11.1 Å². The van der Waals surface area contributed by atoms with Gasteiger partial charge in [-0.2, -0.15) is 0 Å². The summed E-state index contributed by atoms with van der Waals surface area (Å²) in [6.07, 6.45) is 0.904. The number of nitrogens with zero attached hydrogens (tertiary/aromatic N) is 1. The molecule has 0 radical (unpaired) electrons. The van der Waals surface area contributed by atoms with Gasteiger partial charge in [-0.3, -0.25) is 0 Å². The van der Waals surface area contributed by atoms with Gasteiger partial charge in [0.25, 0.3) is 0 Å². The van der Waals surface area contributed by atoms with Crippen molar-refractivity contribution in [1.82, 2.24) is 10.2 Å². The molecule has 19 heavy (non-hydrogen) atoms. The first kappa shape index (κ1) is 13.9. The molecule has 2 rings (SSSR count). The van der Waals surface area contributed by atoms with E-state index in [-0.39, 0.29) is 17.1 Å². The van der Waals surface area contributed by atoms with E-state index in [0.717, 1.165) is 6.42 Å². The lowest BCUT2D eigenvalue weighted by molar-refractivity contribution is 0.114. The maximum Gasteiger partial charge on any atom is 0.318 e. The Labute approximate surface area is 116 Å². The standard InChI is InChI=1S/C16H24N2O/c1-15(2,3)17-14(19)18-11-13-9-7-6-8-12(13)10-16(18,4)5/h6-9H,10-11H2,1-5H3,(H,17,19). The van der Waals surface area contributed by atoms with Crippen LogP contribution in [0.2, 0.25) is 0 Å². The van der Waals surface area contributed by atoms with Crippen LogP contribution in [0, 0.1) is 0 Å². The minimum Gasteiger partial charge on any atom is -0.333 e. The summed E-state index contributed by atoms with van der Waals surface area (Å²) in [6, 6.07) is 8.40. The highest BCUT2D eigenvalue weighted by Gasteiger charge is 2.36. The van der Waals surface area contributed by atoms with Gasteiger partial charge in [0.2, 0.25) is 0 Å². The monoisotopic (exact) mass is 260 g/mol. The zero-order valence-corrected chi connectivity index (χ0v) is 12.6. The van der Waals surface area contributed by atoms with Gasteiger partial charge in [-0.1, -0.05) is 24.3 Å². The van der Waals surface area contributed by atoms with Crippen molar-refractivity contribution in [2.45, 2.75) is 58.7 Å². The summed E-state index contributed by atoms with van der Waals surface area (Å²) < 4.78 is 0. The maximum atomic E-state index is 12.5. The quantitative estimate of drug-likeness (QED) is 0.762. The van der Waals surface area contributed by atoms with Crippen LogP contribution in [-0.4, -0.2) is 22.0 Å². The third-order valence-electron chi connectivity index (χ3n) is 3.53. The molecule has 3 nitrogen and oxygen atoms in total. The fourth-order valence-electron chi connectivity index (χ4n) is 2.57. The van der Waals surface area contributed by atoms with Gasteiger partial charge in [-0.15, -0.1) is 0 Å². The van der Waals surface area contributed by atoms with Crippen molar-refractivity contribution < 1.29 is 4.79 Å². The van der Waals surface area contributed by atoms with Gasteiger partial charge < -0.3 is 10.2 Å². The minimum atomic E-state index is -0.204. The lowest BCUT2D eigenvalue weighted by atomic mass is 9.86. The lowest BCUT2D eigenvalue weighted by Gasteiger charge is -2.44. The fourth-order valence-corrected chi connectivity index (χ4v) is 2.57. The number of urea groups is 1. The predicted octanol–water partition coefficient (Wildman–Crippen LogP) is 3.33. The minimum absolute atomic E-state index is 0.0204. The Morgan fingerprint density at radius 1 is 1.21 bits per heavy atom. The SMILES string of the molecule is CC(C)(C)NC(=O)N1Cc2ccccc2CC1(C)C. The maximum absolute atomic E-state index is 12.5. The highest BCUT2D eigenvalue weighted by atomic mass is 16.2. The molecular formula is C16H24N2O. The Morgan fingerprint density at radius 2 is 1.79 bits per heavy atom. The molecule has 3 heteroatoms. The molecule has 1 aliphatic heterocycles. The van der Waals surface area contributed by atoms with E-state index in [4.69, 9.17) is 0 Å². The normalized spacial score (nSPS) is 17.8. The Morgan fingerprint density at radius 3 is 2.37 bits per heavy atom. The molecule has 0 atom stereocenters. The van der Waals surface area contributed by atoms with Crippen LogP contribution in [0.5, 0.6) is 0 Å². The molecule has 1 aromatic rings. The first-order valence-corrected chi connectivity index (χ1v) is 6.86. The highest BCUT2D eigenvalue weighted by Crippen LogP contribution is 2.30. The molecule has 0 spiro atoms. The van der Waals surface area contributed by atoms with Crippen LogP contribution in [0.3, 0.4) is 0 Å². The number of nitrogens with one attached hydrogen (secondary N) is 1. The van der Waals surface area contributed by atoms with Crippen LogP contribution in [-0.2, 0) is 13.0 Å². The molecule has 2 amide bonds. The first-order chi connectivity index (χ1) is 8.69. The van der Waals surface area contributed by atoms with Gasteiger partial charge in [-0.05, 0) is 52.2 Å². The number of hydrogen-bond acceptors (Lipinski definition) is 1. The van der Waals surface area contributed by atoms with Crippen molar-refractivity contribution in [1.29, 1.82) is 0 Å². The van der Waals surface area contributed by atoms with Crippen LogP contribution < -0.4 is 5.32 Å². The average Bonchev–Trinajstić information content (AvgIpc) is 2.24. The van der Waals surface area contributed by atoms with E-state index in [0.29, 0.717) is 6.54 Å². The molecule has 0 bridgehead atoms. The smallest absolute Gasteiger partial charge is 0.318 e. The number of carbonyl (C=O) groups is 1. The molecule has 1 N–H and O–H groups in total. The van der Waals surface area contributed by atoms with Crippen LogP contribution in [0.25, 0.3) is 0 Å². The first-order valence-electron chi connectivity index (χ1n) is 6.86. The summed E-state index contributed by atoms with van der Waals surface area (Å²) in [5.74, 6) is 0. The number of rotatable bonds is 0. The Bertz CT molecular complexity index is 486. The van der Waals surface area contributed by atoms with E-state index in [9.17, 15) is 4.79 Å². The predicted molar refractivity (Wildman–Crippen MR) is 78.1 cm³/mol. The second kappa shape index (κ2) is 4.55. The van der Waals surface area contributed by atoms with Crippen molar-refractivity contribution >= 4 is 6.03 Å². The Hall–Kier alpha value is -1.51. The Kier molecular flexibility index (Phi) is 3.33. The molecule has 1 aliphatic rings. The number of amides is 2. The topological polar surface area (TPSA) is 32.3 Å². The molecular weight excluding hydrogens is 236 g/mol. The second-order valence-corrected chi connectivity index (χ2v) is 7.02. The molecule has 0 unspecified atom stereocenters. The molecule has 1 heterocycles. The molecule has 0 saturated carbocycles. The van der Waals surface area contributed by atoms with Crippen molar-refractivity contribution in [3.05, 3.63) is 35.4 Å². The highest BCUT2D eigenvalue weighted by molar-refractivity contribution is 5.76. The third kappa shape index (κ3) is 3.09. The number of benzene rings is 1. The average molecular weight is 260 g/mol. The van der Waals surface area contributed by atoms with Gasteiger partial charge in [0.05, 0.1) is 0 Å². The summed E-state index contributed by atoms with van der Waals surface area (Å²) in [4.78, 5) is 14.4. The van der Waals surface area contributed by atoms with Crippen LogP contribution >= 0.6 is 0 Å². The van der Waals surface area contributed by atoms with E-state index in [2.05, 4.69) is 37.4 Å². The fraction of sp³-hybridized carbons (Fsp3) is 0.562. The van der Waals surface area contributed by atoms with Gasteiger partial charge in [0.15, 0.2) is 0 Å². The molecule has 1 aromatic carbocycles. The third-order valence-corrected chi connectivity index (χ3v) is 3.53. The summed E-state index contributed by atoms with van der Waals surface area (Å²) in [5, 5.41) is 3.06. The van der Waals surface area contributed by atoms with Gasteiger partial charge in [-0.25, -0.2) is 4.79 Å². The number of carbonyl (C=O) groups excluding carboxylic acids is 1. The van der Waals surface area contributed by atoms with E-state index < -0.39 is 0 Å². The largest absolute Gasteiger partial charge is 0.333 e. The molecule has 0 aromatic heterocycles. The van der Waals surface area contributed by atoms with Crippen molar-refractivity contribution in [3.63, 3.8) is 0 Å². The van der Waals surface area contributed by atoms with Crippen LogP contribution in [0.15, 0.2) is 24.3 Å². The summed E-state index contributed by atoms with van der Waals surface area (Å²) in [7, 11) is 0. The van der Waals surface area contributed by atoms with Gasteiger partial charge >= 0.3 is 6.03 Å². The zero-order chi connectivity index (χ0) is 14.3. The number of hydrogen-bond donors (Lipinski definition) is 1. The summed E-state index contributed by atoms with van der Waals surface area (Å²) >= 11 is 0. The Balaban J connectivity index is 2.25. The van der Waals surface area contributed by atoms with Crippen molar-refractivity contribution in [2.24, 2.45) is 0 Å². The van der Waals surface area contributed by atoms with E-state index >= 15 is 0 Å². The van der Waals surface area contributed by atoms with Crippen LogP contribution in [0.1, 0.15) is 45.7 Å². The summed E-state index contributed by atoms with van der Waals surface area (Å²) in [6.45, 7) is 11.0. The molecule has 104 valence electrons. The zero-order valence-electron chi connectivity index (χ0n) is 12.6. The molecule has 0 saturated heterocycles. The van der Waals surface area contributed by atoms with Crippen LogP contribution in [0.4, 0.5) is 4.79 Å². The van der Waals surface area contributed by atoms with Gasteiger partial charge in [0.1, 0.15) is 0 Å². The second-order valence-electron chi connectivity index (χ2n) is 7.02. The molecule has 0 aliphatic carbocycles. The summed E-state index contributed by atoms with van der Waals surface area (Å²) in [5.41, 5.74) is 2.26. The number of fused-ring (bicyclic) bond motifs is 1. The lowest BCUT2D eigenvalue weighted by Crippen LogP contribution is -2.57. The van der Waals surface area contributed by atoms with Gasteiger partial charge in [0, 0.05) is 17.6 Å². The van der Waals surface area contributed by atoms with E-state index in [1.807, 2.05) is 31.7 Å². The van der Waals surface area contributed by atoms with E-state index in [1.54, 1.807) is 0 Å².